The average Bonchev–Trinajstić information content (AvgIpc) is 2.28. The van der Waals surface area contributed by atoms with E-state index >= 15 is 0 Å². The summed E-state index contributed by atoms with van der Waals surface area (Å²) in [6.45, 7) is 2.01. The minimum atomic E-state index is -3.23. The van der Waals surface area contributed by atoms with Gasteiger partial charge in [-0.05, 0) is 24.1 Å². The van der Waals surface area contributed by atoms with Gasteiger partial charge < -0.3 is 5.11 Å². The van der Waals surface area contributed by atoms with E-state index in [0.29, 0.717) is 12.0 Å². The van der Waals surface area contributed by atoms with Crippen LogP contribution in [0.4, 0.5) is 0 Å². The number of sulfone groups is 1. The van der Waals surface area contributed by atoms with Crippen molar-refractivity contribution in [2.24, 2.45) is 0 Å². The molecule has 1 N–H and O–H groups in total. The Hall–Kier alpha value is -1.36. The quantitative estimate of drug-likeness (QED) is 0.861. The normalized spacial score (nSPS) is 13.2. The van der Waals surface area contributed by atoms with Gasteiger partial charge in [0.25, 0.3) is 0 Å². The van der Waals surface area contributed by atoms with E-state index < -0.39 is 21.7 Å². The highest BCUT2D eigenvalue weighted by Gasteiger charge is 2.19. The number of hydrogen-bond donors (Lipinski definition) is 1. The zero-order chi connectivity index (χ0) is 13.8. The summed E-state index contributed by atoms with van der Waals surface area (Å²) in [6, 6.07) is 6.11. The Morgan fingerprint density at radius 3 is 2.22 bits per heavy atom. The molecule has 18 heavy (non-hydrogen) atoms. The molecule has 0 amide bonds. The molecule has 0 saturated carbocycles. The van der Waals surface area contributed by atoms with Gasteiger partial charge in [-0.3, -0.25) is 4.79 Å². The second-order valence-corrected chi connectivity index (χ2v) is 6.39. The molecule has 0 bridgehead atoms. The predicted octanol–water partition coefficient (Wildman–Crippen LogP) is 2.45. The van der Waals surface area contributed by atoms with E-state index in [4.69, 9.17) is 5.11 Å². The third kappa shape index (κ3) is 3.84. The number of carboxylic acids is 1. The van der Waals surface area contributed by atoms with Gasteiger partial charge in [-0.1, -0.05) is 31.9 Å². The second-order valence-electron chi connectivity index (χ2n) is 4.37. The molecular formula is C13H18O4S. The summed E-state index contributed by atoms with van der Waals surface area (Å²) in [7, 11) is -3.23. The van der Waals surface area contributed by atoms with Crippen LogP contribution in [-0.4, -0.2) is 25.7 Å². The van der Waals surface area contributed by atoms with Crippen LogP contribution in [0.5, 0.6) is 0 Å². The van der Waals surface area contributed by atoms with Crippen molar-refractivity contribution in [3.63, 3.8) is 0 Å². The summed E-state index contributed by atoms with van der Waals surface area (Å²) in [6.07, 6.45) is 3.48. The molecule has 0 radical (unpaired) electrons. The first kappa shape index (κ1) is 14.7. The molecule has 0 saturated heterocycles. The van der Waals surface area contributed by atoms with Crippen LogP contribution in [0.1, 0.15) is 37.7 Å². The Labute approximate surface area is 108 Å². The zero-order valence-corrected chi connectivity index (χ0v) is 11.4. The maximum atomic E-state index is 11.3. The fourth-order valence-electron chi connectivity index (χ4n) is 1.79. The highest BCUT2D eigenvalue weighted by atomic mass is 32.2. The summed E-state index contributed by atoms with van der Waals surface area (Å²) < 4.78 is 22.6. The minimum Gasteiger partial charge on any atom is -0.481 e. The van der Waals surface area contributed by atoms with Gasteiger partial charge in [-0.15, -0.1) is 0 Å². The van der Waals surface area contributed by atoms with Crippen LogP contribution < -0.4 is 0 Å². The lowest BCUT2D eigenvalue weighted by Crippen LogP contribution is -2.11. The van der Waals surface area contributed by atoms with Crippen LogP contribution in [0.2, 0.25) is 0 Å². The smallest absolute Gasteiger partial charge is 0.310 e. The average molecular weight is 270 g/mol. The fraction of sp³-hybridized carbons (Fsp3) is 0.462. The highest BCUT2D eigenvalue weighted by molar-refractivity contribution is 7.90. The third-order valence-corrected chi connectivity index (χ3v) is 3.98. The van der Waals surface area contributed by atoms with Crippen molar-refractivity contribution in [3.05, 3.63) is 29.8 Å². The van der Waals surface area contributed by atoms with Gasteiger partial charge in [-0.25, -0.2) is 8.42 Å². The van der Waals surface area contributed by atoms with Crippen molar-refractivity contribution >= 4 is 15.8 Å². The number of aliphatic carboxylic acids is 1. The van der Waals surface area contributed by atoms with Crippen LogP contribution in [0.25, 0.3) is 0 Å². The molecule has 1 rings (SSSR count). The third-order valence-electron chi connectivity index (χ3n) is 2.86. The number of benzene rings is 1. The molecule has 5 heteroatoms. The Bertz CT molecular complexity index is 502. The molecule has 100 valence electrons. The summed E-state index contributed by atoms with van der Waals surface area (Å²) in [4.78, 5) is 11.4. The SMILES string of the molecule is CCCCC(C(=O)O)c1ccc(S(C)(=O)=O)cc1. The maximum absolute atomic E-state index is 11.3. The number of hydrogen-bond acceptors (Lipinski definition) is 3. The summed E-state index contributed by atoms with van der Waals surface area (Å²) in [5, 5.41) is 9.16. The van der Waals surface area contributed by atoms with Crippen LogP contribution in [0, 0.1) is 0 Å². The van der Waals surface area contributed by atoms with Crippen LogP contribution in [0.3, 0.4) is 0 Å². The monoisotopic (exact) mass is 270 g/mol. The van der Waals surface area contributed by atoms with Gasteiger partial charge in [0.1, 0.15) is 0 Å². The van der Waals surface area contributed by atoms with Gasteiger partial charge in [-0.2, -0.15) is 0 Å². The van der Waals surface area contributed by atoms with Crippen LogP contribution in [0.15, 0.2) is 29.2 Å². The molecule has 0 spiro atoms. The molecule has 0 fully saturated rings. The molecule has 0 aliphatic rings. The van der Waals surface area contributed by atoms with Crippen molar-refractivity contribution in [2.45, 2.75) is 37.0 Å². The van der Waals surface area contributed by atoms with Crippen LogP contribution in [-0.2, 0) is 14.6 Å². The first-order chi connectivity index (χ1) is 8.36. The second kappa shape index (κ2) is 6.00. The van der Waals surface area contributed by atoms with E-state index in [1.54, 1.807) is 12.1 Å². The zero-order valence-electron chi connectivity index (χ0n) is 10.6. The Morgan fingerprint density at radius 1 is 1.28 bits per heavy atom. The number of carbonyl (C=O) groups is 1. The van der Waals surface area contributed by atoms with Gasteiger partial charge in [0, 0.05) is 6.26 Å². The molecule has 0 aromatic heterocycles. The highest BCUT2D eigenvalue weighted by Crippen LogP contribution is 2.23. The molecule has 1 atom stereocenters. The molecule has 1 unspecified atom stereocenters. The Morgan fingerprint density at radius 2 is 1.83 bits per heavy atom. The van der Waals surface area contributed by atoms with Crippen molar-refractivity contribution in [3.8, 4) is 0 Å². The van der Waals surface area contributed by atoms with Crippen molar-refractivity contribution in [1.29, 1.82) is 0 Å². The minimum absolute atomic E-state index is 0.214. The van der Waals surface area contributed by atoms with Gasteiger partial charge in [0.05, 0.1) is 10.8 Å². The predicted molar refractivity (Wildman–Crippen MR) is 69.5 cm³/mol. The molecule has 0 aliphatic carbocycles. The number of unbranched alkanes of at least 4 members (excludes halogenated alkanes) is 1. The van der Waals surface area contributed by atoms with Gasteiger partial charge in [0.2, 0.25) is 0 Å². The number of carboxylic acid groups (broad SMARTS) is 1. The Balaban J connectivity index is 2.97. The standard InChI is InChI=1S/C13H18O4S/c1-3-4-5-12(13(14)15)10-6-8-11(9-7-10)18(2,16)17/h6-9,12H,3-5H2,1-2H3,(H,14,15). The van der Waals surface area contributed by atoms with E-state index in [9.17, 15) is 13.2 Å². The molecule has 1 aromatic rings. The molecule has 4 nitrogen and oxygen atoms in total. The van der Waals surface area contributed by atoms with E-state index in [-0.39, 0.29) is 4.90 Å². The largest absolute Gasteiger partial charge is 0.481 e. The van der Waals surface area contributed by atoms with E-state index in [1.165, 1.54) is 12.1 Å². The molecule has 0 aliphatic heterocycles. The van der Waals surface area contributed by atoms with E-state index in [0.717, 1.165) is 19.1 Å². The Kier molecular flexibility index (Phi) is 4.90. The summed E-state index contributed by atoms with van der Waals surface area (Å²) in [5.41, 5.74) is 0.656. The van der Waals surface area contributed by atoms with Crippen molar-refractivity contribution < 1.29 is 18.3 Å². The van der Waals surface area contributed by atoms with E-state index in [2.05, 4.69) is 0 Å². The summed E-state index contributed by atoms with van der Waals surface area (Å²) in [5.74, 6) is -1.42. The summed E-state index contributed by atoms with van der Waals surface area (Å²) >= 11 is 0. The van der Waals surface area contributed by atoms with Gasteiger partial charge in [0.15, 0.2) is 9.84 Å². The number of rotatable bonds is 6. The van der Waals surface area contributed by atoms with Crippen molar-refractivity contribution in [1.82, 2.24) is 0 Å². The van der Waals surface area contributed by atoms with Crippen LogP contribution >= 0.6 is 0 Å². The van der Waals surface area contributed by atoms with E-state index in [1.807, 2.05) is 6.92 Å². The molecular weight excluding hydrogens is 252 g/mol. The topological polar surface area (TPSA) is 71.4 Å². The maximum Gasteiger partial charge on any atom is 0.310 e. The van der Waals surface area contributed by atoms with Gasteiger partial charge >= 0.3 is 5.97 Å². The van der Waals surface area contributed by atoms with Crippen molar-refractivity contribution in [2.75, 3.05) is 6.26 Å². The first-order valence-corrected chi connectivity index (χ1v) is 7.78. The lowest BCUT2D eigenvalue weighted by Gasteiger charge is -2.12. The lowest BCUT2D eigenvalue weighted by atomic mass is 9.94. The molecule has 0 heterocycles. The lowest BCUT2D eigenvalue weighted by molar-refractivity contribution is -0.139. The molecule has 1 aromatic carbocycles. The fourth-order valence-corrected chi connectivity index (χ4v) is 2.42. The first-order valence-electron chi connectivity index (χ1n) is 5.89.